The van der Waals surface area contributed by atoms with Crippen molar-refractivity contribution in [3.63, 3.8) is 0 Å². The number of benzene rings is 2. The van der Waals surface area contributed by atoms with Gasteiger partial charge >= 0.3 is 0 Å². The van der Waals surface area contributed by atoms with Gasteiger partial charge in [0.2, 0.25) is 0 Å². The molecule has 3 rings (SSSR count). The Balaban J connectivity index is 1.73. The van der Waals surface area contributed by atoms with Gasteiger partial charge in [-0.3, -0.25) is 4.79 Å². The first-order chi connectivity index (χ1) is 10.1. The van der Waals surface area contributed by atoms with Crippen LogP contribution in [0.25, 0.3) is 11.0 Å². The molecule has 1 aromatic heterocycles. The summed E-state index contributed by atoms with van der Waals surface area (Å²) in [6.45, 7) is 0.448. The van der Waals surface area contributed by atoms with Gasteiger partial charge < -0.3 is 9.73 Å². The van der Waals surface area contributed by atoms with E-state index in [-0.39, 0.29) is 11.7 Å². The third-order valence-electron chi connectivity index (χ3n) is 3.07. The van der Waals surface area contributed by atoms with Gasteiger partial charge in [0.25, 0.3) is 5.91 Å². The van der Waals surface area contributed by atoms with E-state index in [1.165, 1.54) is 0 Å². The molecule has 0 bridgehead atoms. The van der Waals surface area contributed by atoms with Crippen LogP contribution in [0.15, 0.2) is 57.4 Å². The molecule has 1 heterocycles. The number of furan rings is 1. The van der Waals surface area contributed by atoms with E-state index in [4.69, 9.17) is 16.0 Å². The predicted octanol–water partition coefficient (Wildman–Crippen LogP) is 4.78. The Hall–Kier alpha value is -1.78. The first-order valence-corrected chi connectivity index (χ1v) is 7.51. The van der Waals surface area contributed by atoms with Crippen LogP contribution < -0.4 is 5.32 Å². The van der Waals surface area contributed by atoms with Gasteiger partial charge in [-0.25, -0.2) is 0 Å². The molecule has 106 valence electrons. The fraction of sp³-hybridized carbons (Fsp3) is 0.0625. The van der Waals surface area contributed by atoms with E-state index in [0.29, 0.717) is 17.2 Å². The summed E-state index contributed by atoms with van der Waals surface area (Å²) in [6.07, 6.45) is 0. The van der Waals surface area contributed by atoms with Crippen molar-refractivity contribution in [1.82, 2.24) is 5.32 Å². The number of hydrogen-bond donors (Lipinski definition) is 1. The second-order valence-corrected chi connectivity index (χ2v) is 5.95. The Morgan fingerprint density at radius 1 is 1.14 bits per heavy atom. The number of carbonyl (C=O) groups is 1. The van der Waals surface area contributed by atoms with Crippen molar-refractivity contribution < 1.29 is 9.21 Å². The maximum Gasteiger partial charge on any atom is 0.287 e. The summed E-state index contributed by atoms with van der Waals surface area (Å²) in [5.74, 6) is 0.0367. The molecule has 1 amide bonds. The van der Waals surface area contributed by atoms with Gasteiger partial charge in [0.05, 0.1) is 0 Å². The number of fused-ring (bicyclic) bond motifs is 1. The normalized spacial score (nSPS) is 10.8. The Morgan fingerprint density at radius 2 is 1.90 bits per heavy atom. The van der Waals surface area contributed by atoms with Gasteiger partial charge in [0.1, 0.15) is 5.58 Å². The number of nitrogens with one attached hydrogen (secondary N) is 1. The number of hydrogen-bond acceptors (Lipinski definition) is 2. The highest BCUT2D eigenvalue weighted by molar-refractivity contribution is 9.10. The van der Waals surface area contributed by atoms with E-state index in [1.807, 2.05) is 24.3 Å². The lowest BCUT2D eigenvalue weighted by atomic mass is 10.2. The fourth-order valence-corrected chi connectivity index (χ4v) is 2.44. The topological polar surface area (TPSA) is 42.2 Å². The van der Waals surface area contributed by atoms with Crippen molar-refractivity contribution in [3.05, 3.63) is 69.3 Å². The number of halogens is 2. The summed E-state index contributed by atoms with van der Waals surface area (Å²) >= 11 is 9.29. The lowest BCUT2D eigenvalue weighted by molar-refractivity contribution is 0.0925. The molecule has 0 saturated carbocycles. The molecule has 0 unspecified atom stereocenters. The summed E-state index contributed by atoms with van der Waals surface area (Å²) in [5, 5.41) is 4.26. The van der Waals surface area contributed by atoms with Gasteiger partial charge in [-0.15, -0.1) is 0 Å². The van der Waals surface area contributed by atoms with Crippen LogP contribution in [0.1, 0.15) is 16.1 Å². The van der Waals surface area contributed by atoms with Gasteiger partial charge in [0.15, 0.2) is 5.76 Å². The summed E-state index contributed by atoms with van der Waals surface area (Å²) in [6, 6.07) is 14.7. The molecule has 0 radical (unpaired) electrons. The SMILES string of the molecule is O=C(NCc1ccc(Br)cc1)c1cc2cc(Cl)ccc2o1. The lowest BCUT2D eigenvalue weighted by Crippen LogP contribution is -2.22. The summed E-state index contributed by atoms with van der Waals surface area (Å²) in [7, 11) is 0. The van der Waals surface area contributed by atoms with Crippen molar-refractivity contribution in [3.8, 4) is 0 Å². The van der Waals surface area contributed by atoms with E-state index in [2.05, 4.69) is 21.2 Å². The quantitative estimate of drug-likeness (QED) is 0.727. The zero-order valence-corrected chi connectivity index (χ0v) is 13.2. The second kappa shape index (κ2) is 5.92. The molecule has 0 aliphatic heterocycles. The molecule has 0 fully saturated rings. The summed E-state index contributed by atoms with van der Waals surface area (Å²) < 4.78 is 6.52. The first kappa shape index (κ1) is 14.2. The van der Waals surface area contributed by atoms with Crippen LogP contribution in [0.5, 0.6) is 0 Å². The zero-order valence-electron chi connectivity index (χ0n) is 10.9. The molecule has 0 aliphatic rings. The molecule has 5 heteroatoms. The molecule has 3 aromatic rings. The highest BCUT2D eigenvalue weighted by Crippen LogP contribution is 2.23. The van der Waals surface area contributed by atoms with E-state index in [0.717, 1.165) is 15.4 Å². The van der Waals surface area contributed by atoms with E-state index in [1.54, 1.807) is 24.3 Å². The molecule has 1 N–H and O–H groups in total. The van der Waals surface area contributed by atoms with Crippen LogP contribution >= 0.6 is 27.5 Å². The smallest absolute Gasteiger partial charge is 0.287 e. The molecule has 2 aromatic carbocycles. The molecular formula is C16H11BrClNO2. The average Bonchev–Trinajstić information content (AvgIpc) is 2.89. The number of amides is 1. The van der Waals surface area contributed by atoms with Gasteiger partial charge in [-0.2, -0.15) is 0 Å². The molecule has 0 atom stereocenters. The van der Waals surface area contributed by atoms with Crippen molar-refractivity contribution in [2.24, 2.45) is 0 Å². The second-order valence-electron chi connectivity index (χ2n) is 4.60. The van der Waals surface area contributed by atoms with Crippen LogP contribution in [0, 0.1) is 0 Å². The zero-order chi connectivity index (χ0) is 14.8. The molecule has 0 spiro atoms. The third kappa shape index (κ3) is 3.28. The number of carbonyl (C=O) groups excluding carboxylic acids is 1. The van der Waals surface area contributed by atoms with Gasteiger partial charge in [-0.1, -0.05) is 39.7 Å². The Kier molecular flexibility index (Phi) is 3.99. The highest BCUT2D eigenvalue weighted by atomic mass is 79.9. The molecule has 0 aliphatic carbocycles. The van der Waals surface area contributed by atoms with Crippen molar-refractivity contribution in [2.75, 3.05) is 0 Å². The average molecular weight is 365 g/mol. The molecule has 0 saturated heterocycles. The van der Waals surface area contributed by atoms with Crippen LogP contribution in [-0.2, 0) is 6.54 Å². The van der Waals surface area contributed by atoms with E-state index in [9.17, 15) is 4.79 Å². The van der Waals surface area contributed by atoms with Crippen molar-refractivity contribution in [2.45, 2.75) is 6.54 Å². The highest BCUT2D eigenvalue weighted by Gasteiger charge is 2.12. The maximum absolute atomic E-state index is 12.1. The van der Waals surface area contributed by atoms with Gasteiger partial charge in [0, 0.05) is 21.4 Å². The molecule has 21 heavy (non-hydrogen) atoms. The van der Waals surface area contributed by atoms with Crippen LogP contribution in [-0.4, -0.2) is 5.91 Å². The lowest BCUT2D eigenvalue weighted by Gasteiger charge is -2.03. The Morgan fingerprint density at radius 3 is 2.67 bits per heavy atom. The Bertz CT molecular complexity index is 796. The van der Waals surface area contributed by atoms with Crippen molar-refractivity contribution in [1.29, 1.82) is 0 Å². The van der Waals surface area contributed by atoms with Crippen LogP contribution in [0.3, 0.4) is 0 Å². The van der Waals surface area contributed by atoms with Gasteiger partial charge in [-0.05, 0) is 42.0 Å². The number of rotatable bonds is 3. The largest absolute Gasteiger partial charge is 0.451 e. The van der Waals surface area contributed by atoms with E-state index >= 15 is 0 Å². The summed E-state index contributed by atoms with van der Waals surface area (Å²) in [5.41, 5.74) is 1.67. The summed E-state index contributed by atoms with van der Waals surface area (Å²) in [4.78, 5) is 12.1. The maximum atomic E-state index is 12.1. The molecular weight excluding hydrogens is 354 g/mol. The fourth-order valence-electron chi connectivity index (χ4n) is 2.00. The minimum Gasteiger partial charge on any atom is -0.451 e. The Labute approximate surface area is 135 Å². The molecule has 3 nitrogen and oxygen atoms in total. The van der Waals surface area contributed by atoms with Crippen molar-refractivity contribution >= 4 is 44.4 Å². The predicted molar refractivity (Wildman–Crippen MR) is 86.5 cm³/mol. The standard InChI is InChI=1S/C16H11BrClNO2/c17-12-3-1-10(2-4-12)9-19-16(20)15-8-11-7-13(18)5-6-14(11)21-15/h1-8H,9H2,(H,19,20). The van der Waals surface area contributed by atoms with Crippen LogP contribution in [0.2, 0.25) is 5.02 Å². The first-order valence-electron chi connectivity index (χ1n) is 6.33. The minimum atomic E-state index is -0.245. The van der Waals surface area contributed by atoms with Crippen LogP contribution in [0.4, 0.5) is 0 Å². The minimum absolute atomic E-state index is 0.245. The van der Waals surface area contributed by atoms with E-state index < -0.39 is 0 Å². The monoisotopic (exact) mass is 363 g/mol. The third-order valence-corrected chi connectivity index (χ3v) is 3.83.